The van der Waals surface area contributed by atoms with Crippen LogP contribution in [0.3, 0.4) is 0 Å². The maximum Gasteiger partial charge on any atom is 0.329 e. The van der Waals surface area contributed by atoms with E-state index in [1.54, 1.807) is 6.92 Å². The second kappa shape index (κ2) is 11.9. The number of likely N-dealkylation sites (N-methyl/N-ethyl adjacent to an activating group) is 1. The van der Waals surface area contributed by atoms with Crippen LogP contribution in [0.2, 0.25) is 0 Å². The van der Waals surface area contributed by atoms with Crippen molar-refractivity contribution in [1.82, 2.24) is 4.98 Å². The molecule has 0 saturated heterocycles. The lowest BCUT2D eigenvalue weighted by atomic mass is 9.62. The fraction of sp³-hybridized carbons (Fsp3) is 0.529. The van der Waals surface area contributed by atoms with Gasteiger partial charge in [0.1, 0.15) is 18.7 Å². The number of fused-ring (bicyclic) bond motifs is 3. The van der Waals surface area contributed by atoms with Crippen molar-refractivity contribution in [3.8, 4) is 0 Å². The van der Waals surface area contributed by atoms with E-state index in [9.17, 15) is 9.59 Å². The molecule has 2 atom stereocenters. The van der Waals surface area contributed by atoms with Gasteiger partial charge in [0, 0.05) is 30.7 Å². The number of H-pyrrole nitrogens is 1. The molecule has 1 aliphatic carbocycles. The lowest BCUT2D eigenvalue weighted by Gasteiger charge is -2.43. The summed E-state index contributed by atoms with van der Waals surface area (Å²) in [7, 11) is 1.97. The van der Waals surface area contributed by atoms with Crippen LogP contribution in [0.15, 0.2) is 42.6 Å². The molecule has 0 aliphatic heterocycles. The Hall–Kier alpha value is -3.32. The van der Waals surface area contributed by atoms with Crippen LogP contribution in [0, 0.1) is 5.92 Å². The van der Waals surface area contributed by atoms with E-state index in [1.807, 2.05) is 57.4 Å². The molecule has 0 radical (unpaired) electrons. The molecule has 4 rings (SSSR count). The normalized spacial score (nSPS) is 17.1. The molecule has 1 aliphatic rings. The maximum absolute atomic E-state index is 13.6. The summed E-state index contributed by atoms with van der Waals surface area (Å²) in [5.41, 5.74) is 12.7. The van der Waals surface area contributed by atoms with E-state index in [2.05, 4.69) is 43.6 Å². The molecule has 0 bridgehead atoms. The van der Waals surface area contributed by atoms with Gasteiger partial charge in [0.15, 0.2) is 0 Å². The Labute approximate surface area is 244 Å². The number of hydrogen-bond donors (Lipinski definition) is 2. The van der Waals surface area contributed by atoms with Gasteiger partial charge in [-0.25, -0.2) is 4.79 Å². The molecule has 3 aromatic rings. The summed E-state index contributed by atoms with van der Waals surface area (Å²) in [5, 5.41) is 0.998. The zero-order chi connectivity index (χ0) is 30.1. The average Bonchev–Trinajstić information content (AvgIpc) is 3.33. The minimum atomic E-state index is -0.788. The number of carbonyl (C=O) groups excluding carboxylic acids is 2. The molecular formula is C34H47N3O4. The number of hydrogen-bond acceptors (Lipinski definition) is 6. The van der Waals surface area contributed by atoms with Crippen LogP contribution >= 0.6 is 0 Å². The van der Waals surface area contributed by atoms with E-state index < -0.39 is 18.1 Å². The fourth-order valence-electron chi connectivity index (χ4n) is 6.34. The third-order valence-corrected chi connectivity index (χ3v) is 8.72. The fourth-order valence-corrected chi connectivity index (χ4v) is 6.34. The van der Waals surface area contributed by atoms with Gasteiger partial charge in [0.25, 0.3) is 0 Å². The second-order valence-corrected chi connectivity index (χ2v) is 13.1. The Bertz CT molecular complexity index is 1390. The molecule has 7 nitrogen and oxygen atoms in total. The number of benzene rings is 2. The smallest absolute Gasteiger partial charge is 0.329 e. The molecule has 3 N–H and O–H groups in total. The lowest BCUT2D eigenvalue weighted by Crippen LogP contribution is -2.44. The van der Waals surface area contributed by atoms with Gasteiger partial charge in [-0.15, -0.1) is 0 Å². The number of nitrogens with two attached hydrogens (primary N) is 1. The first-order valence-corrected chi connectivity index (χ1v) is 14.8. The predicted octanol–water partition coefficient (Wildman–Crippen LogP) is 6.15. The number of aromatic amines is 1. The Kier molecular flexibility index (Phi) is 8.88. The number of nitrogens with zero attached hydrogens (tertiary/aromatic N) is 1. The van der Waals surface area contributed by atoms with Crippen LogP contribution in [-0.4, -0.2) is 42.7 Å². The first kappa shape index (κ1) is 30.6. The largest absolute Gasteiger partial charge is 0.465 e. The summed E-state index contributed by atoms with van der Waals surface area (Å²) < 4.78 is 11.1. The highest BCUT2D eigenvalue weighted by Crippen LogP contribution is 2.51. The standard InChI is InChI=1S/C34H47N3O4/c1-9-40-31(38)25(35)17-23-19-36-29-27(23)26(18-24-28(29)34(6,7)16-15-33(24,4)5)37(8)30(21(2)3)32(39)41-20-22-13-11-10-12-14-22/h10-14,18-19,21,25,30,36H,9,15-17,20,35H2,1-8H3/t25-,30-/m0/s1. The molecular weight excluding hydrogens is 514 g/mol. The highest BCUT2D eigenvalue weighted by Gasteiger charge is 2.41. The topological polar surface area (TPSA) is 97.6 Å². The van der Waals surface area contributed by atoms with Crippen molar-refractivity contribution in [2.45, 2.75) is 97.2 Å². The molecule has 0 fully saturated rings. The maximum atomic E-state index is 13.6. The average molecular weight is 562 g/mol. The predicted molar refractivity (Wildman–Crippen MR) is 165 cm³/mol. The first-order chi connectivity index (χ1) is 19.3. The van der Waals surface area contributed by atoms with E-state index in [1.165, 1.54) is 11.1 Å². The van der Waals surface area contributed by atoms with Crippen molar-refractivity contribution in [1.29, 1.82) is 0 Å². The number of carbonyl (C=O) groups is 2. The van der Waals surface area contributed by atoms with E-state index in [4.69, 9.17) is 15.2 Å². The Morgan fingerprint density at radius 3 is 2.32 bits per heavy atom. The quantitative estimate of drug-likeness (QED) is 0.288. The van der Waals surface area contributed by atoms with Crippen molar-refractivity contribution in [3.63, 3.8) is 0 Å². The van der Waals surface area contributed by atoms with Gasteiger partial charge in [0.2, 0.25) is 0 Å². The van der Waals surface area contributed by atoms with Crippen LogP contribution in [-0.2, 0) is 42.9 Å². The molecule has 7 heteroatoms. The summed E-state index contributed by atoms with van der Waals surface area (Å²) in [6, 6.07) is 10.7. The number of nitrogens with one attached hydrogen (secondary N) is 1. The zero-order valence-electron chi connectivity index (χ0n) is 26.0. The summed E-state index contributed by atoms with van der Waals surface area (Å²) in [4.78, 5) is 31.8. The van der Waals surface area contributed by atoms with Gasteiger partial charge in [-0.1, -0.05) is 71.9 Å². The minimum Gasteiger partial charge on any atom is -0.465 e. The molecule has 2 aromatic carbocycles. The molecule has 0 amide bonds. The number of rotatable bonds is 10. The molecule has 41 heavy (non-hydrogen) atoms. The van der Waals surface area contributed by atoms with E-state index >= 15 is 0 Å². The second-order valence-electron chi connectivity index (χ2n) is 13.1. The van der Waals surface area contributed by atoms with Crippen LogP contribution < -0.4 is 10.6 Å². The van der Waals surface area contributed by atoms with Crippen molar-refractivity contribution >= 4 is 28.5 Å². The van der Waals surface area contributed by atoms with E-state index in [0.29, 0.717) is 6.42 Å². The number of ether oxygens (including phenoxy) is 2. The summed E-state index contributed by atoms with van der Waals surface area (Å²) in [5.74, 6) is -0.694. The van der Waals surface area contributed by atoms with E-state index in [0.717, 1.165) is 40.6 Å². The number of anilines is 1. The van der Waals surface area contributed by atoms with Gasteiger partial charge >= 0.3 is 11.9 Å². The Morgan fingerprint density at radius 2 is 1.68 bits per heavy atom. The molecule has 0 spiro atoms. The highest BCUT2D eigenvalue weighted by atomic mass is 16.5. The Morgan fingerprint density at radius 1 is 1.02 bits per heavy atom. The van der Waals surface area contributed by atoms with Crippen LogP contribution in [0.25, 0.3) is 10.9 Å². The van der Waals surface area contributed by atoms with Crippen molar-refractivity contribution in [3.05, 3.63) is 64.8 Å². The monoisotopic (exact) mass is 561 g/mol. The van der Waals surface area contributed by atoms with Crippen molar-refractivity contribution in [2.24, 2.45) is 11.7 Å². The third-order valence-electron chi connectivity index (χ3n) is 8.72. The van der Waals surface area contributed by atoms with Crippen LogP contribution in [0.5, 0.6) is 0 Å². The summed E-state index contributed by atoms with van der Waals surface area (Å²) >= 11 is 0. The van der Waals surface area contributed by atoms with Crippen molar-refractivity contribution < 1.29 is 19.1 Å². The van der Waals surface area contributed by atoms with Gasteiger partial charge in [-0.05, 0) is 64.8 Å². The summed E-state index contributed by atoms with van der Waals surface area (Å²) in [6.45, 7) is 15.6. The highest BCUT2D eigenvalue weighted by molar-refractivity contribution is 6.01. The molecule has 1 aromatic heterocycles. The number of esters is 2. The lowest BCUT2D eigenvalue weighted by molar-refractivity contribution is -0.147. The van der Waals surface area contributed by atoms with Gasteiger partial charge < -0.3 is 25.1 Å². The number of aromatic nitrogens is 1. The van der Waals surface area contributed by atoms with Crippen LogP contribution in [0.1, 0.15) is 83.6 Å². The third kappa shape index (κ3) is 6.15. The Balaban J connectivity index is 1.84. The van der Waals surface area contributed by atoms with Gasteiger partial charge in [-0.3, -0.25) is 4.79 Å². The van der Waals surface area contributed by atoms with Gasteiger partial charge in [-0.2, -0.15) is 0 Å². The minimum absolute atomic E-state index is 0.0111. The molecule has 1 heterocycles. The van der Waals surface area contributed by atoms with E-state index in [-0.39, 0.29) is 35.9 Å². The van der Waals surface area contributed by atoms with Gasteiger partial charge in [0.05, 0.1) is 12.1 Å². The van der Waals surface area contributed by atoms with Crippen LogP contribution in [0.4, 0.5) is 5.69 Å². The molecule has 0 saturated carbocycles. The first-order valence-electron chi connectivity index (χ1n) is 14.8. The zero-order valence-corrected chi connectivity index (χ0v) is 26.0. The SMILES string of the molecule is CCOC(=O)[C@@H](N)Cc1c[nH]c2c3c(cc(N(C)[C@H](C(=O)OCc4ccccc4)C(C)C)c12)C(C)(C)CCC3(C)C. The molecule has 0 unspecified atom stereocenters. The van der Waals surface area contributed by atoms with Crippen molar-refractivity contribution in [2.75, 3.05) is 18.6 Å². The summed E-state index contributed by atoms with van der Waals surface area (Å²) in [6.07, 6.45) is 4.42. The molecule has 222 valence electrons.